The second kappa shape index (κ2) is 7.30. The first-order valence-electron chi connectivity index (χ1n) is 10.5. The van der Waals surface area contributed by atoms with Crippen molar-refractivity contribution in [3.8, 4) is 22.8 Å². The summed E-state index contributed by atoms with van der Waals surface area (Å²) in [5.41, 5.74) is 5.02. The fraction of sp³-hybridized carbons (Fsp3) is 0.280. The molecule has 6 nitrogen and oxygen atoms in total. The van der Waals surface area contributed by atoms with Gasteiger partial charge in [0, 0.05) is 16.5 Å². The molecule has 0 amide bonds. The molecule has 2 N–H and O–H groups in total. The van der Waals surface area contributed by atoms with Gasteiger partial charge in [-0.2, -0.15) is 5.10 Å². The summed E-state index contributed by atoms with van der Waals surface area (Å²) in [5.74, 6) is 1.86. The van der Waals surface area contributed by atoms with Crippen LogP contribution in [0.5, 0.6) is 11.5 Å². The second-order valence-electron chi connectivity index (χ2n) is 8.38. The molecule has 2 aromatic carbocycles. The van der Waals surface area contributed by atoms with Gasteiger partial charge in [0.05, 0.1) is 11.3 Å². The first kappa shape index (κ1) is 19.4. The van der Waals surface area contributed by atoms with E-state index in [1.54, 1.807) is 0 Å². The van der Waals surface area contributed by atoms with Crippen LogP contribution in [0, 0.1) is 6.92 Å². The van der Waals surface area contributed by atoms with Crippen LogP contribution in [0.2, 0.25) is 0 Å². The van der Waals surface area contributed by atoms with Crippen LogP contribution in [0.15, 0.2) is 54.3 Å². The zero-order chi connectivity index (χ0) is 21.6. The van der Waals surface area contributed by atoms with E-state index in [0.29, 0.717) is 16.7 Å². The fourth-order valence-electron chi connectivity index (χ4n) is 4.61. The van der Waals surface area contributed by atoms with Crippen molar-refractivity contribution >= 4 is 5.97 Å². The highest BCUT2D eigenvalue weighted by molar-refractivity contribution is 5.90. The summed E-state index contributed by atoms with van der Waals surface area (Å²) in [4.78, 5) is 11.0. The largest absolute Gasteiger partial charge is 0.488 e. The van der Waals surface area contributed by atoms with E-state index in [1.165, 1.54) is 24.8 Å². The van der Waals surface area contributed by atoms with E-state index in [-0.39, 0.29) is 12.3 Å². The summed E-state index contributed by atoms with van der Waals surface area (Å²) in [5, 5.41) is 15.6. The number of ether oxygens (including phenoxy) is 2. The molecular formula is C25H24N2O4. The third-order valence-corrected chi connectivity index (χ3v) is 6.26. The third kappa shape index (κ3) is 3.28. The Bertz CT molecular complexity index is 1200. The Balaban J connectivity index is 0.000000134. The molecule has 0 saturated heterocycles. The number of aromatic amines is 1. The summed E-state index contributed by atoms with van der Waals surface area (Å²) >= 11 is 0. The highest BCUT2D eigenvalue weighted by Crippen LogP contribution is 2.51. The predicted octanol–water partition coefficient (Wildman–Crippen LogP) is 5.38. The van der Waals surface area contributed by atoms with Crippen LogP contribution < -0.4 is 9.47 Å². The lowest BCUT2D eigenvalue weighted by molar-refractivity contribution is 0.0687. The lowest BCUT2D eigenvalue weighted by Crippen LogP contribution is -2.35. The van der Waals surface area contributed by atoms with Gasteiger partial charge in [-0.1, -0.05) is 30.7 Å². The normalized spacial score (nSPS) is 16.8. The number of rotatable bonds is 1. The summed E-state index contributed by atoms with van der Waals surface area (Å²) < 4.78 is 11.3. The van der Waals surface area contributed by atoms with Gasteiger partial charge in [0.15, 0.2) is 5.69 Å². The van der Waals surface area contributed by atoms with E-state index in [9.17, 15) is 4.79 Å². The van der Waals surface area contributed by atoms with Crippen molar-refractivity contribution < 1.29 is 19.4 Å². The number of nitrogens with one attached hydrogen (secondary N) is 1. The average molecular weight is 416 g/mol. The standard InChI is InChI=1S/C13H14O.C12H10N2O3/c1-10-9-13(7-4-8-13)11-5-2-3-6-12(11)14-10;1-6-2-3-7-9(4-6)17-5-8-10(7)13-14-11(8)12(15)16/h2-3,5-6,9H,4,7-8H2,1H3;2-4H,5H2,1H3,(H,13,14)(H,15,16). The minimum absolute atomic E-state index is 0.103. The molecule has 1 aliphatic carbocycles. The van der Waals surface area contributed by atoms with E-state index in [2.05, 4.69) is 41.4 Å². The Morgan fingerprint density at radius 1 is 1.13 bits per heavy atom. The molecule has 1 fully saturated rings. The number of fused-ring (bicyclic) bond motifs is 5. The van der Waals surface area contributed by atoms with Gasteiger partial charge in [0.2, 0.25) is 0 Å². The number of para-hydroxylation sites is 1. The van der Waals surface area contributed by atoms with E-state index < -0.39 is 5.97 Å². The monoisotopic (exact) mass is 416 g/mol. The smallest absolute Gasteiger partial charge is 0.354 e. The molecule has 0 unspecified atom stereocenters. The Hall–Kier alpha value is -3.54. The lowest BCUT2D eigenvalue weighted by atomic mass is 9.63. The minimum atomic E-state index is -1.02. The SMILES string of the molecule is CC1=CC2(CCC2)c2ccccc2O1.Cc1ccc2c(c1)OCc1c-2n[nH]c1C(=O)O. The average Bonchev–Trinajstić information content (AvgIpc) is 3.17. The Morgan fingerprint density at radius 2 is 1.94 bits per heavy atom. The van der Waals surface area contributed by atoms with Gasteiger partial charge in [0.25, 0.3) is 0 Å². The van der Waals surface area contributed by atoms with Crippen molar-refractivity contribution in [2.75, 3.05) is 0 Å². The number of aromatic nitrogens is 2. The fourth-order valence-corrected chi connectivity index (χ4v) is 4.61. The van der Waals surface area contributed by atoms with Gasteiger partial charge >= 0.3 is 5.97 Å². The molecule has 3 heterocycles. The van der Waals surface area contributed by atoms with Crippen LogP contribution in [0.25, 0.3) is 11.3 Å². The van der Waals surface area contributed by atoms with Crippen molar-refractivity contribution in [2.24, 2.45) is 0 Å². The number of aromatic carboxylic acids is 1. The lowest BCUT2D eigenvalue weighted by Gasteiger charge is -2.43. The number of hydrogen-bond acceptors (Lipinski definition) is 4. The molecule has 1 spiro atoms. The Kier molecular flexibility index (Phi) is 4.58. The number of benzene rings is 2. The summed E-state index contributed by atoms with van der Waals surface area (Å²) in [6, 6.07) is 14.2. The first-order valence-corrected chi connectivity index (χ1v) is 10.5. The van der Waals surface area contributed by atoms with E-state index in [4.69, 9.17) is 14.6 Å². The highest BCUT2D eigenvalue weighted by atomic mass is 16.5. The zero-order valence-electron chi connectivity index (χ0n) is 17.6. The number of carboxylic acid groups (broad SMARTS) is 1. The van der Waals surface area contributed by atoms with Crippen LogP contribution >= 0.6 is 0 Å². The minimum Gasteiger partial charge on any atom is -0.488 e. The van der Waals surface area contributed by atoms with Crippen LogP contribution in [0.4, 0.5) is 0 Å². The van der Waals surface area contributed by atoms with Crippen LogP contribution in [0.3, 0.4) is 0 Å². The summed E-state index contributed by atoms with van der Waals surface area (Å²) in [6.45, 7) is 4.27. The molecule has 2 aliphatic heterocycles. The number of nitrogens with zero attached hydrogens (tertiary/aromatic N) is 1. The Morgan fingerprint density at radius 3 is 2.68 bits per heavy atom. The van der Waals surface area contributed by atoms with E-state index >= 15 is 0 Å². The van der Waals surface area contributed by atoms with Gasteiger partial charge in [-0.25, -0.2) is 4.79 Å². The van der Waals surface area contributed by atoms with Gasteiger partial charge < -0.3 is 14.6 Å². The first-order chi connectivity index (χ1) is 15.0. The Labute approximate surface area is 180 Å². The number of allylic oxidation sites excluding steroid dienone is 2. The van der Waals surface area contributed by atoms with Crippen LogP contribution in [-0.2, 0) is 12.0 Å². The summed E-state index contributed by atoms with van der Waals surface area (Å²) in [7, 11) is 0. The maximum Gasteiger partial charge on any atom is 0.354 e. The maximum atomic E-state index is 11.0. The maximum absolute atomic E-state index is 11.0. The van der Waals surface area contributed by atoms with Gasteiger partial charge in [0.1, 0.15) is 23.8 Å². The molecule has 3 aromatic rings. The highest BCUT2D eigenvalue weighted by Gasteiger charge is 2.41. The molecule has 0 bridgehead atoms. The molecule has 6 heteroatoms. The van der Waals surface area contributed by atoms with Crippen molar-refractivity contribution in [1.29, 1.82) is 0 Å². The quantitative estimate of drug-likeness (QED) is 0.556. The molecule has 3 aliphatic rings. The van der Waals surface area contributed by atoms with Crippen LogP contribution in [0.1, 0.15) is 53.4 Å². The van der Waals surface area contributed by atoms with Crippen LogP contribution in [-0.4, -0.2) is 21.3 Å². The molecule has 158 valence electrons. The summed E-state index contributed by atoms with van der Waals surface area (Å²) in [6.07, 6.45) is 6.21. The van der Waals surface area contributed by atoms with Crippen molar-refractivity contribution in [2.45, 2.75) is 45.1 Å². The number of aryl methyl sites for hydroxylation is 1. The number of carbonyl (C=O) groups is 1. The van der Waals surface area contributed by atoms with Crippen molar-refractivity contribution in [3.05, 3.63) is 76.7 Å². The van der Waals surface area contributed by atoms with E-state index in [0.717, 1.165) is 28.4 Å². The number of hydrogen-bond donors (Lipinski definition) is 2. The van der Waals surface area contributed by atoms with Gasteiger partial charge in [-0.3, -0.25) is 5.10 Å². The molecule has 1 saturated carbocycles. The number of H-pyrrole nitrogens is 1. The topological polar surface area (TPSA) is 84.4 Å². The van der Waals surface area contributed by atoms with Crippen molar-refractivity contribution in [3.63, 3.8) is 0 Å². The molecule has 0 radical (unpaired) electrons. The zero-order valence-corrected chi connectivity index (χ0v) is 17.6. The molecular weight excluding hydrogens is 392 g/mol. The molecule has 31 heavy (non-hydrogen) atoms. The predicted molar refractivity (Wildman–Crippen MR) is 116 cm³/mol. The van der Waals surface area contributed by atoms with Gasteiger partial charge in [-0.15, -0.1) is 0 Å². The second-order valence-corrected chi connectivity index (χ2v) is 8.38. The molecule has 0 atom stereocenters. The van der Waals surface area contributed by atoms with Gasteiger partial charge in [-0.05, 0) is 56.5 Å². The molecule has 1 aromatic heterocycles. The molecule has 6 rings (SSSR count). The van der Waals surface area contributed by atoms with E-state index in [1.807, 2.05) is 31.2 Å². The van der Waals surface area contributed by atoms with Crippen molar-refractivity contribution in [1.82, 2.24) is 10.2 Å². The third-order valence-electron chi connectivity index (χ3n) is 6.26. The number of carboxylic acids is 1.